The molecule has 0 unspecified atom stereocenters. The SMILES string of the molecule is CC(=O)ONC(C#N)=NCc1ccccc1. The van der Waals surface area contributed by atoms with Gasteiger partial charge in [0.25, 0.3) is 0 Å². The number of hydrogen-bond donors (Lipinski definition) is 1. The summed E-state index contributed by atoms with van der Waals surface area (Å²) < 4.78 is 0. The molecule has 1 aromatic rings. The smallest absolute Gasteiger partial charge is 0.329 e. The van der Waals surface area contributed by atoms with Gasteiger partial charge in [-0.15, -0.1) is 0 Å². The molecule has 1 aromatic carbocycles. The van der Waals surface area contributed by atoms with E-state index in [0.29, 0.717) is 6.54 Å². The van der Waals surface area contributed by atoms with Gasteiger partial charge >= 0.3 is 5.97 Å². The van der Waals surface area contributed by atoms with Crippen LogP contribution in [0.3, 0.4) is 0 Å². The van der Waals surface area contributed by atoms with Gasteiger partial charge in [-0.3, -0.25) is 9.79 Å². The molecule has 0 radical (unpaired) electrons. The first-order valence-electron chi connectivity index (χ1n) is 4.64. The van der Waals surface area contributed by atoms with Crippen LogP contribution in [0.5, 0.6) is 0 Å². The second-order valence-corrected chi connectivity index (χ2v) is 2.96. The summed E-state index contributed by atoms with van der Waals surface area (Å²) in [6.07, 6.45) is 0. The lowest BCUT2D eigenvalue weighted by atomic mass is 10.2. The van der Waals surface area contributed by atoms with Gasteiger partial charge in [0.15, 0.2) is 0 Å². The fourth-order valence-electron chi connectivity index (χ4n) is 0.964. The van der Waals surface area contributed by atoms with E-state index in [4.69, 9.17) is 5.26 Å². The van der Waals surface area contributed by atoms with Crippen LogP contribution in [0, 0.1) is 11.3 Å². The standard InChI is InChI=1S/C11H11N3O2/c1-9(15)16-14-11(7-12)13-8-10-5-3-2-4-6-10/h2-6H,8H2,1H3,(H,13,14). The van der Waals surface area contributed by atoms with Crippen LogP contribution in [0.15, 0.2) is 35.3 Å². The zero-order chi connectivity index (χ0) is 11.8. The van der Waals surface area contributed by atoms with Crippen LogP contribution < -0.4 is 5.48 Å². The number of rotatable bonds is 2. The molecule has 1 N–H and O–H groups in total. The van der Waals surface area contributed by atoms with Crippen molar-refractivity contribution in [3.05, 3.63) is 35.9 Å². The van der Waals surface area contributed by atoms with Crippen molar-refractivity contribution in [3.63, 3.8) is 0 Å². The number of amidine groups is 1. The lowest BCUT2D eigenvalue weighted by molar-refractivity contribution is -0.144. The Hall–Kier alpha value is -2.35. The lowest BCUT2D eigenvalue weighted by Gasteiger charge is -2.01. The third-order valence-corrected chi connectivity index (χ3v) is 1.66. The Kier molecular flexibility index (Phi) is 4.54. The number of carbonyl (C=O) groups excluding carboxylic acids is 1. The molecule has 0 saturated carbocycles. The van der Waals surface area contributed by atoms with Crippen LogP contribution in [0.25, 0.3) is 0 Å². The van der Waals surface area contributed by atoms with Crippen molar-refractivity contribution in [2.45, 2.75) is 13.5 Å². The third kappa shape index (κ3) is 4.24. The molecule has 1 rings (SSSR count). The number of aliphatic imine (C=N–C) groups is 1. The highest BCUT2D eigenvalue weighted by molar-refractivity contribution is 5.96. The van der Waals surface area contributed by atoms with Gasteiger partial charge < -0.3 is 4.84 Å². The summed E-state index contributed by atoms with van der Waals surface area (Å²) in [6.45, 7) is 1.59. The minimum atomic E-state index is -0.525. The Labute approximate surface area is 93.3 Å². The summed E-state index contributed by atoms with van der Waals surface area (Å²) in [4.78, 5) is 18.9. The van der Waals surface area contributed by atoms with Crippen LogP contribution >= 0.6 is 0 Å². The number of hydrogen-bond acceptors (Lipinski definition) is 4. The number of nitriles is 1. The Bertz CT molecular complexity index is 421. The van der Waals surface area contributed by atoms with Crippen molar-refractivity contribution in [1.29, 1.82) is 5.26 Å². The Balaban J connectivity index is 2.54. The quantitative estimate of drug-likeness (QED) is 0.458. The van der Waals surface area contributed by atoms with Crippen molar-refractivity contribution in [1.82, 2.24) is 5.48 Å². The van der Waals surface area contributed by atoms with E-state index < -0.39 is 5.97 Å². The number of hydroxylamine groups is 1. The normalized spacial score (nSPS) is 10.4. The van der Waals surface area contributed by atoms with Crippen LogP contribution in [-0.2, 0) is 16.2 Å². The van der Waals surface area contributed by atoms with Gasteiger partial charge in [-0.05, 0) is 5.56 Å². The van der Waals surface area contributed by atoms with E-state index in [9.17, 15) is 4.79 Å². The topological polar surface area (TPSA) is 74.5 Å². The number of nitrogens with zero attached hydrogens (tertiary/aromatic N) is 2. The van der Waals surface area contributed by atoms with Crippen molar-refractivity contribution in [2.75, 3.05) is 0 Å². The molecule has 0 aliphatic rings. The first kappa shape index (κ1) is 11.7. The largest absolute Gasteiger partial charge is 0.342 e. The summed E-state index contributed by atoms with van der Waals surface area (Å²) >= 11 is 0. The maximum atomic E-state index is 10.5. The zero-order valence-corrected chi connectivity index (χ0v) is 8.80. The molecule has 0 atom stereocenters. The van der Waals surface area contributed by atoms with E-state index in [1.54, 1.807) is 6.07 Å². The molecule has 0 aliphatic carbocycles. The second-order valence-electron chi connectivity index (χ2n) is 2.96. The molecule has 0 aliphatic heterocycles. The summed E-state index contributed by atoms with van der Waals surface area (Å²) in [6, 6.07) is 11.2. The van der Waals surface area contributed by atoms with Gasteiger partial charge in [0.05, 0.1) is 6.54 Å². The maximum Gasteiger partial charge on any atom is 0.329 e. The molecule has 0 saturated heterocycles. The summed E-state index contributed by atoms with van der Waals surface area (Å²) in [5.41, 5.74) is 3.15. The highest BCUT2D eigenvalue weighted by Gasteiger charge is 1.98. The van der Waals surface area contributed by atoms with E-state index in [1.165, 1.54) is 6.92 Å². The summed E-state index contributed by atoms with van der Waals surface area (Å²) in [7, 11) is 0. The molecular formula is C11H11N3O2. The molecular weight excluding hydrogens is 206 g/mol. The predicted octanol–water partition coefficient (Wildman–Crippen LogP) is 1.18. The van der Waals surface area contributed by atoms with E-state index in [-0.39, 0.29) is 5.84 Å². The maximum absolute atomic E-state index is 10.5. The van der Waals surface area contributed by atoms with Crippen molar-refractivity contribution >= 4 is 11.8 Å². The Morgan fingerprint density at radius 1 is 1.50 bits per heavy atom. The van der Waals surface area contributed by atoms with Gasteiger partial charge in [0.2, 0.25) is 5.84 Å². The predicted molar refractivity (Wildman–Crippen MR) is 58.1 cm³/mol. The molecule has 0 spiro atoms. The van der Waals surface area contributed by atoms with Crippen LogP contribution in [0.4, 0.5) is 0 Å². The van der Waals surface area contributed by atoms with Crippen LogP contribution in [0.1, 0.15) is 12.5 Å². The monoisotopic (exact) mass is 217 g/mol. The Morgan fingerprint density at radius 3 is 2.75 bits per heavy atom. The first-order chi connectivity index (χ1) is 7.72. The summed E-state index contributed by atoms with van der Waals surface area (Å²) in [5, 5.41) is 8.68. The van der Waals surface area contributed by atoms with Crippen molar-refractivity contribution in [3.8, 4) is 6.07 Å². The van der Waals surface area contributed by atoms with E-state index in [0.717, 1.165) is 5.56 Å². The molecule has 82 valence electrons. The summed E-state index contributed by atoms with van der Waals surface area (Å²) in [5.74, 6) is -0.554. The van der Waals surface area contributed by atoms with E-state index in [1.807, 2.05) is 30.3 Å². The highest BCUT2D eigenvalue weighted by Crippen LogP contribution is 1.99. The average molecular weight is 217 g/mol. The fourth-order valence-corrected chi connectivity index (χ4v) is 0.964. The van der Waals surface area contributed by atoms with Crippen LogP contribution in [0.2, 0.25) is 0 Å². The van der Waals surface area contributed by atoms with E-state index >= 15 is 0 Å². The highest BCUT2D eigenvalue weighted by atomic mass is 16.7. The van der Waals surface area contributed by atoms with Crippen molar-refractivity contribution < 1.29 is 9.63 Å². The minimum Gasteiger partial charge on any atom is -0.342 e. The molecule has 0 aromatic heterocycles. The minimum absolute atomic E-state index is 0.0287. The number of carbonyl (C=O) groups is 1. The molecule has 16 heavy (non-hydrogen) atoms. The molecule has 5 nitrogen and oxygen atoms in total. The lowest BCUT2D eigenvalue weighted by Crippen LogP contribution is -2.24. The van der Waals surface area contributed by atoms with Crippen molar-refractivity contribution in [2.24, 2.45) is 4.99 Å². The van der Waals surface area contributed by atoms with Crippen LogP contribution in [-0.4, -0.2) is 11.8 Å². The third-order valence-electron chi connectivity index (χ3n) is 1.66. The van der Waals surface area contributed by atoms with Gasteiger partial charge in [0.1, 0.15) is 6.07 Å². The second kappa shape index (κ2) is 6.19. The first-order valence-corrected chi connectivity index (χ1v) is 4.64. The molecule has 0 fully saturated rings. The van der Waals surface area contributed by atoms with Gasteiger partial charge in [-0.25, -0.2) is 0 Å². The number of benzene rings is 1. The fraction of sp³-hybridized carbons (Fsp3) is 0.182. The number of nitrogens with one attached hydrogen (secondary N) is 1. The molecule has 0 amide bonds. The van der Waals surface area contributed by atoms with E-state index in [2.05, 4.69) is 15.3 Å². The Morgan fingerprint density at radius 2 is 2.19 bits per heavy atom. The average Bonchev–Trinajstić information content (AvgIpc) is 2.30. The molecule has 0 bridgehead atoms. The molecule has 5 heteroatoms. The van der Waals surface area contributed by atoms with Gasteiger partial charge in [-0.1, -0.05) is 30.3 Å². The molecule has 0 heterocycles. The van der Waals surface area contributed by atoms with Gasteiger partial charge in [0, 0.05) is 6.92 Å². The zero-order valence-electron chi connectivity index (χ0n) is 8.80. The van der Waals surface area contributed by atoms with Gasteiger partial charge in [-0.2, -0.15) is 10.7 Å².